The third-order valence-electron chi connectivity index (χ3n) is 5.33. The molecule has 1 atom stereocenters. The number of benzene rings is 2. The Bertz CT molecular complexity index is 893. The SMILES string of the molecule is CC(C)c1ccc(-c2c(C#N)c(N)c(C#N)c3c2CCCC3C)cc1. The second-order valence-corrected chi connectivity index (χ2v) is 7.22. The van der Waals surface area contributed by atoms with Crippen LogP contribution in [0.4, 0.5) is 5.69 Å². The fourth-order valence-electron chi connectivity index (χ4n) is 3.96. The van der Waals surface area contributed by atoms with Crippen LogP contribution in [0, 0.1) is 22.7 Å². The molecule has 2 aromatic carbocycles. The molecule has 3 rings (SSSR count). The molecule has 0 heterocycles. The van der Waals surface area contributed by atoms with Gasteiger partial charge in [0, 0.05) is 5.56 Å². The molecule has 0 spiro atoms. The zero-order valence-electron chi connectivity index (χ0n) is 15.1. The smallest absolute Gasteiger partial charge is 0.102 e. The van der Waals surface area contributed by atoms with Crippen LogP contribution in [0.25, 0.3) is 11.1 Å². The van der Waals surface area contributed by atoms with Crippen LogP contribution >= 0.6 is 0 Å². The van der Waals surface area contributed by atoms with Gasteiger partial charge in [0.25, 0.3) is 0 Å². The molecule has 2 aromatic rings. The summed E-state index contributed by atoms with van der Waals surface area (Å²) < 4.78 is 0. The van der Waals surface area contributed by atoms with Gasteiger partial charge in [-0.3, -0.25) is 0 Å². The van der Waals surface area contributed by atoms with Crippen molar-refractivity contribution >= 4 is 5.69 Å². The molecule has 0 amide bonds. The van der Waals surface area contributed by atoms with Gasteiger partial charge in [-0.25, -0.2) is 0 Å². The summed E-state index contributed by atoms with van der Waals surface area (Å²) in [5.74, 6) is 0.756. The fourth-order valence-corrected chi connectivity index (χ4v) is 3.96. The highest BCUT2D eigenvalue weighted by molar-refractivity contribution is 5.85. The molecule has 1 aliphatic carbocycles. The van der Waals surface area contributed by atoms with Gasteiger partial charge in [-0.2, -0.15) is 10.5 Å². The maximum atomic E-state index is 9.75. The summed E-state index contributed by atoms with van der Waals surface area (Å²) in [6, 6.07) is 12.9. The molecular formula is C22H23N3. The molecule has 1 unspecified atom stereocenters. The van der Waals surface area contributed by atoms with Gasteiger partial charge in [-0.1, -0.05) is 45.0 Å². The summed E-state index contributed by atoms with van der Waals surface area (Å²) in [6.07, 6.45) is 3.02. The van der Waals surface area contributed by atoms with Crippen LogP contribution in [0.15, 0.2) is 24.3 Å². The number of nitrogen functional groups attached to an aromatic ring is 1. The number of fused-ring (bicyclic) bond motifs is 1. The Morgan fingerprint density at radius 1 is 1.08 bits per heavy atom. The molecule has 0 aromatic heterocycles. The van der Waals surface area contributed by atoms with E-state index in [1.54, 1.807) is 0 Å². The number of rotatable bonds is 2. The van der Waals surface area contributed by atoms with Crippen LogP contribution < -0.4 is 5.73 Å². The third-order valence-corrected chi connectivity index (χ3v) is 5.33. The van der Waals surface area contributed by atoms with Gasteiger partial charge < -0.3 is 5.73 Å². The molecule has 0 saturated heterocycles. The normalized spacial score (nSPS) is 16.2. The minimum atomic E-state index is 0.294. The lowest BCUT2D eigenvalue weighted by atomic mass is 9.75. The Morgan fingerprint density at radius 3 is 2.28 bits per heavy atom. The number of hydrogen-bond acceptors (Lipinski definition) is 3. The van der Waals surface area contributed by atoms with Crippen molar-refractivity contribution in [3.8, 4) is 23.3 Å². The minimum absolute atomic E-state index is 0.294. The predicted molar refractivity (Wildman–Crippen MR) is 101 cm³/mol. The van der Waals surface area contributed by atoms with Gasteiger partial charge in [0.15, 0.2) is 0 Å². The van der Waals surface area contributed by atoms with Crippen molar-refractivity contribution in [1.29, 1.82) is 10.5 Å². The number of nitrogens with zero attached hydrogens (tertiary/aromatic N) is 2. The van der Waals surface area contributed by atoms with Crippen molar-refractivity contribution < 1.29 is 0 Å². The van der Waals surface area contributed by atoms with Gasteiger partial charge >= 0.3 is 0 Å². The summed E-state index contributed by atoms with van der Waals surface area (Å²) in [6.45, 7) is 6.48. The highest BCUT2D eigenvalue weighted by Gasteiger charge is 2.28. The summed E-state index contributed by atoms with van der Waals surface area (Å²) in [7, 11) is 0. The van der Waals surface area contributed by atoms with E-state index in [2.05, 4.69) is 57.2 Å². The van der Waals surface area contributed by atoms with Gasteiger partial charge in [0.05, 0.1) is 16.8 Å². The van der Waals surface area contributed by atoms with E-state index < -0.39 is 0 Å². The van der Waals surface area contributed by atoms with Crippen molar-refractivity contribution in [3.63, 3.8) is 0 Å². The highest BCUT2D eigenvalue weighted by Crippen LogP contribution is 2.44. The van der Waals surface area contributed by atoms with E-state index in [1.807, 2.05) is 0 Å². The van der Waals surface area contributed by atoms with Gasteiger partial charge in [-0.05, 0) is 53.4 Å². The molecule has 25 heavy (non-hydrogen) atoms. The number of nitriles is 2. The van der Waals surface area contributed by atoms with Crippen molar-refractivity contribution in [2.24, 2.45) is 0 Å². The highest BCUT2D eigenvalue weighted by atomic mass is 14.6. The minimum Gasteiger partial charge on any atom is -0.397 e. The Balaban J connectivity index is 2.33. The second kappa shape index (κ2) is 6.61. The number of hydrogen-bond donors (Lipinski definition) is 1. The van der Waals surface area contributed by atoms with Crippen LogP contribution in [-0.2, 0) is 6.42 Å². The first-order chi connectivity index (χ1) is 12.0. The Labute approximate surface area is 149 Å². The molecule has 0 saturated carbocycles. The molecule has 0 fully saturated rings. The van der Waals surface area contributed by atoms with Crippen molar-refractivity contribution in [1.82, 2.24) is 0 Å². The Kier molecular flexibility index (Phi) is 4.51. The summed E-state index contributed by atoms with van der Waals surface area (Å²) in [5, 5.41) is 19.4. The maximum absolute atomic E-state index is 9.75. The van der Waals surface area contributed by atoms with Gasteiger partial charge in [0.1, 0.15) is 12.1 Å². The van der Waals surface area contributed by atoms with Crippen molar-refractivity contribution in [2.45, 2.75) is 51.9 Å². The lowest BCUT2D eigenvalue weighted by Crippen LogP contribution is -2.15. The Morgan fingerprint density at radius 2 is 1.72 bits per heavy atom. The van der Waals surface area contributed by atoms with E-state index in [9.17, 15) is 10.5 Å². The first-order valence-corrected chi connectivity index (χ1v) is 8.88. The van der Waals surface area contributed by atoms with Crippen LogP contribution in [-0.4, -0.2) is 0 Å². The fraction of sp³-hybridized carbons (Fsp3) is 0.364. The molecule has 0 bridgehead atoms. The van der Waals surface area contributed by atoms with Crippen LogP contribution in [0.2, 0.25) is 0 Å². The molecule has 0 radical (unpaired) electrons. The Hall–Kier alpha value is -2.78. The molecule has 3 heteroatoms. The summed E-state index contributed by atoms with van der Waals surface area (Å²) in [5.41, 5.74) is 12.9. The lowest BCUT2D eigenvalue weighted by molar-refractivity contribution is 0.590. The zero-order chi connectivity index (χ0) is 18.1. The zero-order valence-corrected chi connectivity index (χ0v) is 15.1. The van der Waals surface area contributed by atoms with E-state index in [0.29, 0.717) is 28.7 Å². The van der Waals surface area contributed by atoms with E-state index in [4.69, 9.17) is 5.73 Å². The molecular weight excluding hydrogens is 306 g/mol. The van der Waals surface area contributed by atoms with Crippen molar-refractivity contribution in [2.75, 3.05) is 5.73 Å². The largest absolute Gasteiger partial charge is 0.397 e. The standard InChI is InChI=1S/C22H23N3/c1-13(2)15-7-9-16(10-8-15)21-17-6-4-5-14(3)20(17)18(11-23)22(25)19(21)12-24/h7-10,13-14H,4-6,25H2,1-3H3. The van der Waals surface area contributed by atoms with Crippen LogP contribution in [0.5, 0.6) is 0 Å². The van der Waals surface area contributed by atoms with Crippen LogP contribution in [0.1, 0.15) is 73.3 Å². The van der Waals surface area contributed by atoms with E-state index >= 15 is 0 Å². The molecule has 3 nitrogen and oxygen atoms in total. The molecule has 0 aliphatic heterocycles. The molecule has 1 aliphatic rings. The van der Waals surface area contributed by atoms with Gasteiger partial charge in [-0.15, -0.1) is 0 Å². The topological polar surface area (TPSA) is 73.6 Å². The van der Waals surface area contributed by atoms with Crippen LogP contribution in [0.3, 0.4) is 0 Å². The summed E-state index contributed by atoms with van der Waals surface area (Å²) in [4.78, 5) is 0. The van der Waals surface area contributed by atoms with Gasteiger partial charge in [0.2, 0.25) is 0 Å². The summed E-state index contributed by atoms with van der Waals surface area (Å²) >= 11 is 0. The number of anilines is 1. The lowest BCUT2D eigenvalue weighted by Gasteiger charge is -2.28. The van der Waals surface area contributed by atoms with E-state index in [1.165, 1.54) is 5.56 Å². The second-order valence-electron chi connectivity index (χ2n) is 7.22. The maximum Gasteiger partial charge on any atom is 0.102 e. The average molecular weight is 329 g/mol. The third kappa shape index (κ3) is 2.77. The van der Waals surface area contributed by atoms with Crippen molar-refractivity contribution in [3.05, 3.63) is 52.1 Å². The quantitative estimate of drug-likeness (QED) is 0.765. The first kappa shape index (κ1) is 17.1. The average Bonchev–Trinajstić information content (AvgIpc) is 2.61. The first-order valence-electron chi connectivity index (χ1n) is 8.88. The number of nitrogens with two attached hydrogens (primary N) is 1. The van der Waals surface area contributed by atoms with E-state index in [-0.39, 0.29) is 0 Å². The molecule has 2 N–H and O–H groups in total. The predicted octanol–water partition coefficient (Wildman–Crippen LogP) is 5.24. The van der Waals surface area contributed by atoms with E-state index in [0.717, 1.165) is 41.5 Å². The molecule has 126 valence electrons. The monoisotopic (exact) mass is 329 g/mol.